The van der Waals surface area contributed by atoms with Crippen molar-refractivity contribution in [2.24, 2.45) is 5.73 Å². The van der Waals surface area contributed by atoms with Gasteiger partial charge in [-0.15, -0.1) is 0 Å². The average Bonchev–Trinajstić information content (AvgIpc) is 2.83. The van der Waals surface area contributed by atoms with Gasteiger partial charge in [0.05, 0.1) is 26.4 Å². The third kappa shape index (κ3) is 6.11. The van der Waals surface area contributed by atoms with Crippen molar-refractivity contribution < 1.29 is 23.0 Å². The van der Waals surface area contributed by atoms with Gasteiger partial charge < -0.3 is 25.0 Å². The average molecular weight is 503 g/mol. The summed E-state index contributed by atoms with van der Waals surface area (Å²) in [6.45, 7) is 3.93. The molecule has 0 unspecified atom stereocenters. The monoisotopic (exact) mass is 502 g/mol. The topological polar surface area (TPSA) is 143 Å². The Labute approximate surface area is 197 Å². The Bertz CT molecular complexity index is 1060. The summed E-state index contributed by atoms with van der Waals surface area (Å²) in [7, 11) is 0. The molecule has 2 fully saturated rings. The van der Waals surface area contributed by atoms with E-state index in [0.717, 1.165) is 0 Å². The number of ether oxygens (including phenoxy) is 2. The Hall–Kier alpha value is -2.92. The Morgan fingerprint density at radius 3 is 1.79 bits per heavy atom. The lowest BCUT2D eigenvalue weighted by atomic mass is 10.3. The summed E-state index contributed by atoms with van der Waals surface area (Å²) in [5.74, 6) is -2.49. The van der Waals surface area contributed by atoms with Crippen molar-refractivity contribution in [3.8, 4) is 6.07 Å². The second kappa shape index (κ2) is 11.3. The Morgan fingerprint density at radius 1 is 0.879 bits per heavy atom. The SMILES string of the molecule is N#Cc1nc(Cl)nc(N2CCOCC2)c1F.NC(=O)c1nc(Cl)nc(N2CCOCC2)c1F. The molecule has 2 aliphatic heterocycles. The number of halogens is 4. The molecule has 0 aromatic carbocycles. The van der Waals surface area contributed by atoms with Crippen LogP contribution in [0.2, 0.25) is 10.6 Å². The van der Waals surface area contributed by atoms with Crippen LogP contribution >= 0.6 is 23.2 Å². The van der Waals surface area contributed by atoms with Crippen molar-refractivity contribution in [3.05, 3.63) is 33.6 Å². The zero-order valence-corrected chi connectivity index (χ0v) is 18.6. The van der Waals surface area contributed by atoms with Gasteiger partial charge >= 0.3 is 0 Å². The zero-order chi connectivity index (χ0) is 24.0. The maximum absolute atomic E-state index is 13.9. The first kappa shape index (κ1) is 24.7. The van der Waals surface area contributed by atoms with Crippen molar-refractivity contribution in [1.82, 2.24) is 19.9 Å². The molecule has 2 aromatic heterocycles. The number of hydrogen-bond acceptors (Lipinski definition) is 10. The number of nitrogens with zero attached hydrogens (tertiary/aromatic N) is 7. The number of nitrogens with two attached hydrogens (primary N) is 1. The molecule has 2 aliphatic rings. The van der Waals surface area contributed by atoms with E-state index in [4.69, 9.17) is 43.7 Å². The van der Waals surface area contributed by atoms with E-state index in [0.29, 0.717) is 52.6 Å². The molecule has 0 atom stereocenters. The molecule has 0 radical (unpaired) electrons. The van der Waals surface area contributed by atoms with Gasteiger partial charge in [-0.25, -0.2) is 14.4 Å². The second-order valence-electron chi connectivity index (χ2n) is 6.63. The van der Waals surface area contributed by atoms with Gasteiger partial charge in [-0.05, 0) is 23.2 Å². The van der Waals surface area contributed by atoms with E-state index < -0.39 is 23.2 Å². The quantitative estimate of drug-likeness (QED) is 0.607. The first-order valence-corrected chi connectivity index (χ1v) is 10.4. The lowest BCUT2D eigenvalue weighted by Crippen LogP contribution is -2.38. The minimum atomic E-state index is -0.971. The summed E-state index contributed by atoms with van der Waals surface area (Å²) in [5.41, 5.74) is 4.18. The first-order chi connectivity index (χ1) is 15.8. The molecule has 0 aliphatic carbocycles. The molecule has 11 nitrogen and oxygen atoms in total. The van der Waals surface area contributed by atoms with E-state index in [2.05, 4.69) is 19.9 Å². The van der Waals surface area contributed by atoms with Crippen LogP contribution in [0.3, 0.4) is 0 Å². The van der Waals surface area contributed by atoms with Gasteiger partial charge in [-0.3, -0.25) is 4.79 Å². The summed E-state index contributed by atoms with van der Waals surface area (Å²) < 4.78 is 37.9. The van der Waals surface area contributed by atoms with Crippen LogP contribution in [0.15, 0.2) is 0 Å². The minimum absolute atomic E-state index is 0.0119. The van der Waals surface area contributed by atoms with E-state index in [1.54, 1.807) is 15.9 Å². The Balaban J connectivity index is 0.000000186. The van der Waals surface area contributed by atoms with Crippen molar-refractivity contribution in [2.75, 3.05) is 62.4 Å². The highest BCUT2D eigenvalue weighted by Crippen LogP contribution is 2.22. The normalized spacial score (nSPS) is 16.0. The molecule has 2 aromatic rings. The molecule has 0 bridgehead atoms. The van der Waals surface area contributed by atoms with Gasteiger partial charge in [-0.1, -0.05) is 0 Å². The highest BCUT2D eigenvalue weighted by atomic mass is 35.5. The summed E-state index contributed by atoms with van der Waals surface area (Å²) in [6.07, 6.45) is 0. The molecule has 0 spiro atoms. The van der Waals surface area contributed by atoms with Crippen LogP contribution in [0.5, 0.6) is 0 Å². The number of primary amides is 1. The van der Waals surface area contributed by atoms with Gasteiger partial charge in [0, 0.05) is 26.2 Å². The molecule has 33 heavy (non-hydrogen) atoms. The van der Waals surface area contributed by atoms with Crippen LogP contribution in [0, 0.1) is 23.0 Å². The fraction of sp³-hybridized carbons (Fsp3) is 0.444. The molecule has 4 heterocycles. The predicted octanol–water partition coefficient (Wildman–Crippen LogP) is 1.18. The smallest absolute Gasteiger partial charge is 0.270 e. The van der Waals surface area contributed by atoms with Crippen molar-refractivity contribution >= 4 is 40.7 Å². The maximum atomic E-state index is 13.9. The molecule has 2 saturated heterocycles. The summed E-state index contributed by atoms with van der Waals surface area (Å²) in [6, 6.07) is 1.65. The molecule has 4 rings (SSSR count). The first-order valence-electron chi connectivity index (χ1n) is 9.63. The fourth-order valence-corrected chi connectivity index (χ4v) is 3.35. The number of aromatic nitrogens is 4. The van der Waals surface area contributed by atoms with Crippen molar-refractivity contribution in [2.45, 2.75) is 0 Å². The number of hydrogen-bond donors (Lipinski definition) is 1. The molecule has 2 N–H and O–H groups in total. The van der Waals surface area contributed by atoms with Crippen LogP contribution in [0.4, 0.5) is 20.4 Å². The third-order valence-corrected chi connectivity index (χ3v) is 4.91. The zero-order valence-electron chi connectivity index (χ0n) is 17.1. The highest BCUT2D eigenvalue weighted by molar-refractivity contribution is 6.28. The lowest BCUT2D eigenvalue weighted by Gasteiger charge is -2.28. The van der Waals surface area contributed by atoms with Gasteiger partial charge in [0.2, 0.25) is 16.4 Å². The van der Waals surface area contributed by atoms with Crippen LogP contribution in [-0.4, -0.2) is 78.4 Å². The van der Waals surface area contributed by atoms with Gasteiger partial charge in [0.1, 0.15) is 6.07 Å². The third-order valence-electron chi connectivity index (χ3n) is 4.57. The fourth-order valence-electron chi connectivity index (χ4n) is 3.02. The van der Waals surface area contributed by atoms with E-state index in [1.165, 1.54) is 0 Å². The number of rotatable bonds is 3. The molecule has 1 amide bonds. The van der Waals surface area contributed by atoms with Crippen molar-refractivity contribution in [1.29, 1.82) is 5.26 Å². The van der Waals surface area contributed by atoms with Gasteiger partial charge in [0.25, 0.3) is 5.91 Å². The highest BCUT2D eigenvalue weighted by Gasteiger charge is 2.23. The van der Waals surface area contributed by atoms with Crippen LogP contribution in [-0.2, 0) is 9.47 Å². The predicted molar refractivity (Wildman–Crippen MR) is 113 cm³/mol. The summed E-state index contributed by atoms with van der Waals surface area (Å²) in [5, 5.41) is 8.35. The second-order valence-corrected chi connectivity index (χ2v) is 7.31. The maximum Gasteiger partial charge on any atom is 0.270 e. The number of carbonyl (C=O) groups is 1. The van der Waals surface area contributed by atoms with E-state index in [9.17, 15) is 13.6 Å². The number of morpholine rings is 2. The van der Waals surface area contributed by atoms with E-state index in [-0.39, 0.29) is 27.9 Å². The van der Waals surface area contributed by atoms with Crippen LogP contribution in [0.25, 0.3) is 0 Å². The van der Waals surface area contributed by atoms with Gasteiger partial charge in [-0.2, -0.15) is 19.6 Å². The minimum Gasteiger partial charge on any atom is -0.378 e. The molecular weight excluding hydrogens is 485 g/mol. The summed E-state index contributed by atoms with van der Waals surface area (Å²) >= 11 is 11.3. The Kier molecular flexibility index (Phi) is 8.45. The van der Waals surface area contributed by atoms with E-state index in [1.807, 2.05) is 0 Å². The molecule has 176 valence electrons. The van der Waals surface area contributed by atoms with Crippen LogP contribution < -0.4 is 15.5 Å². The van der Waals surface area contributed by atoms with E-state index >= 15 is 0 Å². The number of carbonyl (C=O) groups excluding carboxylic acids is 1. The molecule has 15 heteroatoms. The number of anilines is 2. The largest absolute Gasteiger partial charge is 0.378 e. The molecular formula is C18H18Cl2F2N8O3. The molecule has 0 saturated carbocycles. The van der Waals surface area contributed by atoms with Crippen LogP contribution in [0.1, 0.15) is 16.2 Å². The lowest BCUT2D eigenvalue weighted by molar-refractivity contribution is 0.0990. The Morgan fingerprint density at radius 2 is 1.33 bits per heavy atom. The standard InChI is InChI=1S/C9H10ClFN4O2.C9H8ClFN4O/c10-9-13-6(7(12)16)5(11)8(14-9)15-1-3-17-4-2-15;10-9-13-6(5-12)7(11)8(14-9)15-1-3-16-4-2-15/h1-4H2,(H2,12,16);1-4H2. The van der Waals surface area contributed by atoms with Gasteiger partial charge in [0.15, 0.2) is 28.8 Å². The van der Waals surface area contributed by atoms with Crippen molar-refractivity contribution in [3.63, 3.8) is 0 Å². The number of nitriles is 1. The number of amides is 1. The summed E-state index contributed by atoms with van der Waals surface area (Å²) in [4.78, 5) is 28.9.